The monoisotopic (exact) mass is 474 g/mol. The van der Waals surface area contributed by atoms with Gasteiger partial charge in [-0.2, -0.15) is 0 Å². The molecule has 184 valence electrons. The van der Waals surface area contributed by atoms with Gasteiger partial charge in [0.05, 0.1) is 47.2 Å². The number of nitrogen functional groups attached to an aromatic ring is 1. The predicted octanol–water partition coefficient (Wildman–Crippen LogP) is 4.41. The number of methoxy groups -OCH3 is 1. The van der Waals surface area contributed by atoms with Gasteiger partial charge in [-0.25, -0.2) is 15.0 Å². The molecule has 9 nitrogen and oxygen atoms in total. The van der Waals surface area contributed by atoms with E-state index in [1.54, 1.807) is 13.3 Å². The average Bonchev–Trinajstić information content (AvgIpc) is 3.26. The van der Waals surface area contributed by atoms with Crippen molar-refractivity contribution >= 4 is 34.0 Å². The number of anilines is 4. The fourth-order valence-corrected chi connectivity index (χ4v) is 3.95. The van der Waals surface area contributed by atoms with Crippen molar-refractivity contribution in [2.24, 2.45) is 0 Å². The largest absolute Gasteiger partial charge is 0.494 e. The fraction of sp³-hybridized carbons (Fsp3) is 0.346. The zero-order valence-electron chi connectivity index (χ0n) is 21.3. The summed E-state index contributed by atoms with van der Waals surface area (Å²) in [5.41, 5.74) is 12.5. The Kier molecular flexibility index (Phi) is 7.07. The van der Waals surface area contributed by atoms with Crippen LogP contribution in [0, 0.1) is 0 Å². The van der Waals surface area contributed by atoms with E-state index in [0.29, 0.717) is 29.1 Å². The molecule has 0 aliphatic heterocycles. The Morgan fingerprint density at radius 1 is 1.06 bits per heavy atom. The van der Waals surface area contributed by atoms with E-state index in [1.807, 2.05) is 43.7 Å². The molecule has 0 bridgehead atoms. The molecule has 0 spiro atoms. The lowest BCUT2D eigenvalue weighted by molar-refractivity contribution is 0.413. The van der Waals surface area contributed by atoms with Crippen molar-refractivity contribution < 1.29 is 4.74 Å². The van der Waals surface area contributed by atoms with E-state index in [-0.39, 0.29) is 0 Å². The molecule has 0 fully saturated rings. The van der Waals surface area contributed by atoms with Crippen molar-refractivity contribution in [2.45, 2.75) is 19.9 Å². The summed E-state index contributed by atoms with van der Waals surface area (Å²) in [5.74, 6) is 1.13. The molecule has 0 aliphatic rings. The minimum Gasteiger partial charge on any atom is -0.494 e. The van der Waals surface area contributed by atoms with Crippen molar-refractivity contribution in [3.8, 4) is 17.0 Å². The first-order chi connectivity index (χ1) is 16.8. The van der Waals surface area contributed by atoms with Crippen LogP contribution >= 0.6 is 0 Å². The molecule has 3 N–H and O–H groups in total. The minimum atomic E-state index is 0.320. The Balaban J connectivity index is 1.62. The molecule has 0 atom stereocenters. The van der Waals surface area contributed by atoms with Gasteiger partial charge in [0, 0.05) is 44.0 Å². The molecule has 0 saturated carbocycles. The van der Waals surface area contributed by atoms with E-state index < -0.39 is 0 Å². The van der Waals surface area contributed by atoms with Crippen LogP contribution in [0.4, 0.5) is 23.0 Å². The highest BCUT2D eigenvalue weighted by Gasteiger charge is 2.14. The van der Waals surface area contributed by atoms with E-state index in [9.17, 15) is 0 Å². The van der Waals surface area contributed by atoms with Gasteiger partial charge < -0.3 is 30.2 Å². The van der Waals surface area contributed by atoms with Crippen molar-refractivity contribution in [2.75, 3.05) is 57.3 Å². The molecule has 0 radical (unpaired) electrons. The lowest BCUT2D eigenvalue weighted by Crippen LogP contribution is -2.29. The van der Waals surface area contributed by atoms with Gasteiger partial charge in [0.1, 0.15) is 5.75 Å². The van der Waals surface area contributed by atoms with Crippen LogP contribution < -0.4 is 20.7 Å². The number of likely N-dealkylation sites (N-methyl/N-ethyl adjacent to an activating group) is 2. The summed E-state index contributed by atoms with van der Waals surface area (Å²) in [6, 6.07) is 12.2. The summed E-state index contributed by atoms with van der Waals surface area (Å²) in [4.78, 5) is 17.9. The number of fused-ring (bicyclic) bond motifs is 1. The van der Waals surface area contributed by atoms with Crippen LogP contribution in [0.2, 0.25) is 0 Å². The molecule has 4 rings (SSSR count). The molecule has 2 aromatic carbocycles. The molecule has 0 unspecified atom stereocenters. The summed E-state index contributed by atoms with van der Waals surface area (Å²) in [6.07, 6.45) is 3.62. The van der Waals surface area contributed by atoms with E-state index in [1.165, 1.54) is 0 Å². The minimum absolute atomic E-state index is 0.320. The quantitative estimate of drug-likeness (QED) is 0.344. The molecule has 9 heteroatoms. The van der Waals surface area contributed by atoms with E-state index >= 15 is 0 Å². The van der Waals surface area contributed by atoms with Crippen LogP contribution in [-0.2, 0) is 0 Å². The Morgan fingerprint density at radius 2 is 1.86 bits per heavy atom. The third-order valence-electron chi connectivity index (χ3n) is 5.97. The smallest absolute Gasteiger partial charge is 0.227 e. The summed E-state index contributed by atoms with van der Waals surface area (Å²) in [6.45, 7) is 6.05. The van der Waals surface area contributed by atoms with Crippen LogP contribution in [-0.4, -0.2) is 65.8 Å². The van der Waals surface area contributed by atoms with Gasteiger partial charge >= 0.3 is 0 Å². The van der Waals surface area contributed by atoms with Gasteiger partial charge in [-0.3, -0.25) is 0 Å². The van der Waals surface area contributed by atoms with Crippen molar-refractivity contribution in [1.82, 2.24) is 24.4 Å². The summed E-state index contributed by atoms with van der Waals surface area (Å²) in [5, 5.41) is 3.28. The van der Waals surface area contributed by atoms with E-state index in [4.69, 9.17) is 15.5 Å². The summed E-state index contributed by atoms with van der Waals surface area (Å²) < 4.78 is 7.82. The molecule has 0 aliphatic carbocycles. The number of aromatic nitrogens is 4. The first-order valence-corrected chi connectivity index (χ1v) is 11.7. The number of nitrogens with one attached hydrogen (secondary N) is 1. The summed E-state index contributed by atoms with van der Waals surface area (Å²) in [7, 11) is 7.77. The maximum atomic E-state index is 6.41. The van der Waals surface area contributed by atoms with Gasteiger partial charge in [0.25, 0.3) is 0 Å². The summed E-state index contributed by atoms with van der Waals surface area (Å²) >= 11 is 0. The molecule has 2 aromatic heterocycles. The van der Waals surface area contributed by atoms with Crippen molar-refractivity contribution in [1.29, 1.82) is 0 Å². The van der Waals surface area contributed by atoms with Crippen LogP contribution in [0.5, 0.6) is 5.75 Å². The topological polar surface area (TPSA) is 97.4 Å². The molecule has 2 heterocycles. The van der Waals surface area contributed by atoms with Crippen molar-refractivity contribution in [3.63, 3.8) is 0 Å². The maximum absolute atomic E-state index is 6.41. The lowest BCUT2D eigenvalue weighted by atomic mass is 10.1. The third-order valence-corrected chi connectivity index (χ3v) is 5.97. The van der Waals surface area contributed by atoms with Crippen LogP contribution in [0.15, 0.2) is 48.9 Å². The second-order valence-corrected chi connectivity index (χ2v) is 9.18. The number of benzene rings is 2. The maximum Gasteiger partial charge on any atom is 0.227 e. The molecule has 4 aromatic rings. The highest BCUT2D eigenvalue weighted by molar-refractivity contribution is 5.82. The predicted molar refractivity (Wildman–Crippen MR) is 144 cm³/mol. The molecule has 0 saturated heterocycles. The fourth-order valence-electron chi connectivity index (χ4n) is 3.95. The SMILES string of the molecule is COc1cc(N(C)CCN(C)C)c(N)cc1Nc1nccc(-c2ccc3ncn(C(C)C)c3c2)n1. The molecular weight excluding hydrogens is 440 g/mol. The first-order valence-electron chi connectivity index (χ1n) is 11.7. The number of hydrogen-bond acceptors (Lipinski definition) is 8. The van der Waals surface area contributed by atoms with Gasteiger partial charge in [0.15, 0.2) is 0 Å². The highest BCUT2D eigenvalue weighted by Crippen LogP contribution is 2.36. The standard InChI is InChI=1S/C26H34N8O/c1-17(2)34-16-29-21-8-7-18(13-24(21)34)20-9-10-28-26(30-20)31-22-14-19(27)23(15-25(22)35-6)33(5)12-11-32(3)4/h7-10,13-17H,11-12,27H2,1-6H3,(H,28,30,31). The number of ether oxygens (including phenoxy) is 1. The van der Waals surface area contributed by atoms with Gasteiger partial charge in [0.2, 0.25) is 5.95 Å². The van der Waals surface area contributed by atoms with Crippen molar-refractivity contribution in [3.05, 3.63) is 48.9 Å². The normalized spacial score (nSPS) is 11.4. The van der Waals surface area contributed by atoms with Crippen LogP contribution in [0.3, 0.4) is 0 Å². The number of rotatable bonds is 9. The van der Waals surface area contributed by atoms with E-state index in [0.717, 1.165) is 41.1 Å². The number of imidazole rings is 1. The van der Waals surface area contributed by atoms with Gasteiger partial charge in [-0.15, -0.1) is 0 Å². The Morgan fingerprint density at radius 3 is 2.57 bits per heavy atom. The van der Waals surface area contributed by atoms with Crippen LogP contribution in [0.25, 0.3) is 22.3 Å². The molecule has 35 heavy (non-hydrogen) atoms. The Labute approximate surface area is 206 Å². The van der Waals surface area contributed by atoms with Gasteiger partial charge in [-0.1, -0.05) is 6.07 Å². The zero-order valence-corrected chi connectivity index (χ0v) is 21.3. The Hall–Kier alpha value is -3.85. The average molecular weight is 475 g/mol. The molecular formula is C26H34N8O. The lowest BCUT2D eigenvalue weighted by Gasteiger charge is -2.24. The first kappa shape index (κ1) is 24.3. The Bertz CT molecular complexity index is 1310. The van der Waals surface area contributed by atoms with E-state index in [2.05, 4.69) is 63.7 Å². The number of nitrogens with two attached hydrogens (primary N) is 1. The third kappa shape index (κ3) is 5.30. The number of hydrogen-bond donors (Lipinski definition) is 2. The second kappa shape index (κ2) is 10.2. The van der Waals surface area contributed by atoms with Gasteiger partial charge in [-0.05, 0) is 52.2 Å². The second-order valence-electron chi connectivity index (χ2n) is 9.18. The highest BCUT2D eigenvalue weighted by atomic mass is 16.5. The number of nitrogens with zero attached hydrogens (tertiary/aromatic N) is 6. The zero-order chi connectivity index (χ0) is 25.1. The molecule has 0 amide bonds. The van der Waals surface area contributed by atoms with Crippen LogP contribution in [0.1, 0.15) is 19.9 Å².